The number of aliphatic hydroxyl groups excluding tert-OH is 1. The fourth-order valence-electron chi connectivity index (χ4n) is 2.81. The van der Waals surface area contributed by atoms with Crippen molar-refractivity contribution in [2.24, 2.45) is 0 Å². The highest BCUT2D eigenvalue weighted by atomic mass is 16.5. The first-order valence-corrected chi connectivity index (χ1v) is 8.67. The Bertz CT molecular complexity index is 625. The summed E-state index contributed by atoms with van der Waals surface area (Å²) in [6.07, 6.45) is -0.541. The molecule has 0 heterocycles. The molecule has 0 unspecified atom stereocenters. The zero-order valence-corrected chi connectivity index (χ0v) is 15.1. The first-order valence-electron chi connectivity index (χ1n) is 8.67. The molecule has 3 heteroatoms. The van der Waals surface area contributed by atoms with E-state index in [4.69, 9.17) is 4.74 Å². The molecule has 24 heavy (non-hydrogen) atoms. The maximum absolute atomic E-state index is 10.1. The molecule has 130 valence electrons. The van der Waals surface area contributed by atoms with Crippen molar-refractivity contribution in [1.29, 1.82) is 0 Å². The summed E-state index contributed by atoms with van der Waals surface area (Å²) in [5.41, 5.74) is 3.78. The Morgan fingerprint density at radius 1 is 1.04 bits per heavy atom. The highest BCUT2D eigenvalue weighted by Gasteiger charge is 2.10. The first-order chi connectivity index (χ1) is 11.5. The van der Waals surface area contributed by atoms with Gasteiger partial charge in [0.15, 0.2) is 0 Å². The molecular formula is C21H29NO2. The lowest BCUT2D eigenvalue weighted by Crippen LogP contribution is -2.33. The number of aliphatic hydroxyl groups is 1. The number of hydrogen-bond acceptors (Lipinski definition) is 3. The molecule has 0 saturated heterocycles. The summed E-state index contributed by atoms with van der Waals surface area (Å²) < 4.78 is 5.73. The molecule has 3 nitrogen and oxygen atoms in total. The van der Waals surface area contributed by atoms with Crippen molar-refractivity contribution in [3.63, 3.8) is 0 Å². The molecule has 2 atom stereocenters. The largest absolute Gasteiger partial charge is 0.491 e. The van der Waals surface area contributed by atoms with Gasteiger partial charge in [0.25, 0.3) is 0 Å². The number of ether oxygens (including phenoxy) is 1. The predicted molar refractivity (Wildman–Crippen MR) is 99.6 cm³/mol. The second-order valence-electron chi connectivity index (χ2n) is 6.68. The van der Waals surface area contributed by atoms with Crippen molar-refractivity contribution in [2.75, 3.05) is 13.2 Å². The van der Waals surface area contributed by atoms with E-state index >= 15 is 0 Å². The number of nitrogens with one attached hydrogen (secondary N) is 1. The Kier molecular flexibility index (Phi) is 6.83. The molecule has 0 aromatic heterocycles. The van der Waals surface area contributed by atoms with Crippen LogP contribution in [-0.4, -0.2) is 24.4 Å². The number of hydrogen-bond donors (Lipinski definition) is 2. The van der Waals surface area contributed by atoms with Crippen LogP contribution in [0.3, 0.4) is 0 Å². The van der Waals surface area contributed by atoms with E-state index in [-0.39, 0.29) is 12.6 Å². The third kappa shape index (κ3) is 5.36. The molecule has 0 bridgehead atoms. The maximum Gasteiger partial charge on any atom is 0.119 e. The minimum atomic E-state index is -0.541. The number of rotatable bonds is 8. The van der Waals surface area contributed by atoms with Gasteiger partial charge in [-0.05, 0) is 48.6 Å². The molecule has 2 aromatic rings. The molecule has 0 aliphatic carbocycles. The smallest absolute Gasteiger partial charge is 0.119 e. The molecule has 2 N–H and O–H groups in total. The average Bonchev–Trinajstić information content (AvgIpc) is 2.58. The molecule has 0 spiro atoms. The SMILES string of the molecule is Cc1cc(OC[C@H](O)CN[C@H](C)c2ccccc2)ccc1C(C)C. The van der Waals surface area contributed by atoms with E-state index in [9.17, 15) is 5.11 Å². The summed E-state index contributed by atoms with van der Waals surface area (Å²) in [4.78, 5) is 0. The minimum Gasteiger partial charge on any atom is -0.491 e. The van der Waals surface area contributed by atoms with E-state index in [1.807, 2.05) is 30.3 Å². The van der Waals surface area contributed by atoms with Crippen molar-refractivity contribution < 1.29 is 9.84 Å². The highest BCUT2D eigenvalue weighted by molar-refractivity contribution is 5.36. The van der Waals surface area contributed by atoms with Crippen LogP contribution in [-0.2, 0) is 0 Å². The van der Waals surface area contributed by atoms with Crippen LogP contribution in [0.1, 0.15) is 49.4 Å². The fraction of sp³-hybridized carbons (Fsp3) is 0.429. The van der Waals surface area contributed by atoms with Gasteiger partial charge in [-0.1, -0.05) is 50.2 Å². The van der Waals surface area contributed by atoms with Crippen LogP contribution in [0.5, 0.6) is 5.75 Å². The van der Waals surface area contributed by atoms with Crippen molar-refractivity contribution in [1.82, 2.24) is 5.32 Å². The van der Waals surface area contributed by atoms with Gasteiger partial charge in [0.05, 0.1) is 0 Å². The van der Waals surface area contributed by atoms with Crippen LogP contribution in [0, 0.1) is 6.92 Å². The van der Waals surface area contributed by atoms with Gasteiger partial charge in [-0.2, -0.15) is 0 Å². The van der Waals surface area contributed by atoms with Gasteiger partial charge >= 0.3 is 0 Å². The summed E-state index contributed by atoms with van der Waals surface area (Å²) in [5, 5.41) is 13.5. The molecule has 0 amide bonds. The third-order valence-electron chi connectivity index (χ3n) is 4.26. The van der Waals surface area contributed by atoms with Crippen LogP contribution in [0.2, 0.25) is 0 Å². The molecule has 2 aromatic carbocycles. The quantitative estimate of drug-likeness (QED) is 0.763. The molecule has 0 aliphatic rings. The zero-order valence-electron chi connectivity index (χ0n) is 15.1. The van der Waals surface area contributed by atoms with E-state index in [2.05, 4.69) is 51.2 Å². The van der Waals surface area contributed by atoms with Crippen molar-refractivity contribution in [3.05, 3.63) is 65.2 Å². The molecule has 0 radical (unpaired) electrons. The number of aryl methyl sites for hydroxylation is 1. The van der Waals surface area contributed by atoms with Crippen LogP contribution in [0.15, 0.2) is 48.5 Å². The number of benzene rings is 2. The van der Waals surface area contributed by atoms with Crippen LogP contribution in [0.4, 0.5) is 0 Å². The lowest BCUT2D eigenvalue weighted by Gasteiger charge is -2.18. The van der Waals surface area contributed by atoms with E-state index in [1.54, 1.807) is 0 Å². The Hall–Kier alpha value is -1.84. The van der Waals surface area contributed by atoms with Gasteiger partial charge in [0, 0.05) is 12.6 Å². The fourth-order valence-corrected chi connectivity index (χ4v) is 2.81. The first kappa shape index (κ1) is 18.5. The summed E-state index contributed by atoms with van der Waals surface area (Å²) in [7, 11) is 0. The highest BCUT2D eigenvalue weighted by Crippen LogP contribution is 2.23. The van der Waals surface area contributed by atoms with Crippen LogP contribution in [0.25, 0.3) is 0 Å². The summed E-state index contributed by atoms with van der Waals surface area (Å²) in [5.74, 6) is 1.32. The molecule has 0 aliphatic heterocycles. The second kappa shape index (κ2) is 8.86. The van der Waals surface area contributed by atoms with Crippen LogP contribution < -0.4 is 10.1 Å². The second-order valence-corrected chi connectivity index (χ2v) is 6.68. The monoisotopic (exact) mass is 327 g/mol. The lowest BCUT2D eigenvalue weighted by atomic mass is 9.98. The van der Waals surface area contributed by atoms with E-state index < -0.39 is 6.10 Å². The summed E-state index contributed by atoms with van der Waals surface area (Å²) in [6, 6.07) is 16.6. The topological polar surface area (TPSA) is 41.5 Å². The molecule has 2 rings (SSSR count). The lowest BCUT2D eigenvalue weighted by molar-refractivity contribution is 0.104. The third-order valence-corrected chi connectivity index (χ3v) is 4.26. The normalized spacial score (nSPS) is 13.8. The van der Waals surface area contributed by atoms with E-state index in [0.29, 0.717) is 12.5 Å². The molecular weight excluding hydrogens is 298 g/mol. The Labute approximate surface area is 145 Å². The predicted octanol–water partition coefficient (Wildman–Crippen LogP) is 4.21. The average molecular weight is 327 g/mol. The van der Waals surface area contributed by atoms with Gasteiger partial charge in [-0.3, -0.25) is 0 Å². The summed E-state index contributed by atoms with van der Waals surface area (Å²) in [6.45, 7) is 9.35. The van der Waals surface area contributed by atoms with Crippen molar-refractivity contribution in [2.45, 2.75) is 45.8 Å². The van der Waals surface area contributed by atoms with Crippen LogP contribution >= 0.6 is 0 Å². The van der Waals surface area contributed by atoms with Crippen molar-refractivity contribution >= 4 is 0 Å². The van der Waals surface area contributed by atoms with Gasteiger partial charge in [-0.15, -0.1) is 0 Å². The minimum absolute atomic E-state index is 0.202. The van der Waals surface area contributed by atoms with Gasteiger partial charge in [0.1, 0.15) is 18.5 Å². The standard InChI is InChI=1S/C21H29NO2/c1-15(2)21-11-10-20(12-16(21)3)24-14-19(23)13-22-17(4)18-8-6-5-7-9-18/h5-12,15,17,19,22-23H,13-14H2,1-4H3/t17-,19-/m1/s1. The maximum atomic E-state index is 10.1. The molecule has 0 saturated carbocycles. The van der Waals surface area contributed by atoms with Gasteiger partial charge in [-0.25, -0.2) is 0 Å². The van der Waals surface area contributed by atoms with E-state index in [1.165, 1.54) is 16.7 Å². The van der Waals surface area contributed by atoms with Gasteiger partial charge < -0.3 is 15.2 Å². The zero-order chi connectivity index (χ0) is 17.5. The van der Waals surface area contributed by atoms with Crippen molar-refractivity contribution in [3.8, 4) is 5.75 Å². The summed E-state index contributed by atoms with van der Waals surface area (Å²) >= 11 is 0. The Morgan fingerprint density at radius 3 is 2.38 bits per heavy atom. The Morgan fingerprint density at radius 2 is 1.75 bits per heavy atom. The molecule has 0 fully saturated rings. The van der Waals surface area contributed by atoms with Gasteiger partial charge in [0.2, 0.25) is 0 Å². The van der Waals surface area contributed by atoms with E-state index in [0.717, 1.165) is 5.75 Å². The Balaban J connectivity index is 1.79.